The average Bonchev–Trinajstić information content (AvgIpc) is 2.60. The molecule has 1 aromatic carbocycles. The highest BCUT2D eigenvalue weighted by Gasteiger charge is 2.38. The van der Waals surface area contributed by atoms with E-state index in [4.69, 9.17) is 5.11 Å². The van der Waals surface area contributed by atoms with Gasteiger partial charge in [0.2, 0.25) is 0 Å². The molecule has 2 N–H and O–H groups in total. The zero-order valence-electron chi connectivity index (χ0n) is 8.42. The predicted molar refractivity (Wildman–Crippen MR) is 51.8 cm³/mol. The van der Waals surface area contributed by atoms with E-state index >= 15 is 0 Å². The van der Waals surface area contributed by atoms with E-state index < -0.39 is 24.5 Å². The number of para-hydroxylation sites is 1. The van der Waals surface area contributed by atoms with E-state index in [9.17, 15) is 17.6 Å². The highest BCUT2D eigenvalue weighted by atomic mass is 19.4. The Balaban J connectivity index is 2.29. The number of hydrogen-bond donors (Lipinski definition) is 2. The first kappa shape index (κ1) is 11.8. The van der Waals surface area contributed by atoms with Gasteiger partial charge in [-0.1, -0.05) is 6.07 Å². The molecule has 0 saturated heterocycles. The van der Waals surface area contributed by atoms with Gasteiger partial charge >= 0.3 is 6.18 Å². The number of benzene rings is 1. The molecule has 0 aliphatic rings. The number of aliphatic hydroxyl groups is 1. The summed E-state index contributed by atoms with van der Waals surface area (Å²) in [5.74, 6) is -0.721. The molecule has 0 spiro atoms. The van der Waals surface area contributed by atoms with Gasteiger partial charge in [-0.05, 0) is 12.1 Å². The molecule has 92 valence electrons. The molecule has 1 heterocycles. The maximum Gasteiger partial charge on any atom is 0.414 e. The van der Waals surface area contributed by atoms with Crippen LogP contribution in [0.1, 0.15) is 5.82 Å². The van der Waals surface area contributed by atoms with Gasteiger partial charge in [0.25, 0.3) is 0 Å². The number of aromatic amines is 1. The molecule has 0 fully saturated rings. The van der Waals surface area contributed by atoms with E-state index in [1.807, 2.05) is 0 Å². The minimum Gasteiger partial charge on any atom is -0.383 e. The molecule has 2 aromatic rings. The van der Waals surface area contributed by atoms with Crippen LogP contribution in [0.4, 0.5) is 17.6 Å². The van der Waals surface area contributed by atoms with E-state index in [-0.39, 0.29) is 11.3 Å². The van der Waals surface area contributed by atoms with Gasteiger partial charge in [-0.25, -0.2) is 9.37 Å². The van der Waals surface area contributed by atoms with Crippen LogP contribution >= 0.6 is 0 Å². The van der Waals surface area contributed by atoms with Crippen molar-refractivity contribution in [2.45, 2.75) is 18.7 Å². The van der Waals surface area contributed by atoms with Crippen molar-refractivity contribution in [3.8, 4) is 0 Å². The zero-order chi connectivity index (χ0) is 12.6. The Morgan fingerprint density at radius 3 is 2.65 bits per heavy atom. The van der Waals surface area contributed by atoms with Crippen LogP contribution in [0, 0.1) is 5.82 Å². The van der Waals surface area contributed by atoms with Crippen molar-refractivity contribution >= 4 is 11.0 Å². The lowest BCUT2D eigenvalue weighted by Gasteiger charge is -2.12. The van der Waals surface area contributed by atoms with Crippen LogP contribution in [0.2, 0.25) is 0 Å². The molecule has 0 aliphatic carbocycles. The number of halogens is 4. The lowest BCUT2D eigenvalue weighted by atomic mass is 10.2. The van der Waals surface area contributed by atoms with Crippen molar-refractivity contribution in [3.05, 3.63) is 29.8 Å². The maximum absolute atomic E-state index is 13.2. The Bertz CT molecular complexity index is 535. The van der Waals surface area contributed by atoms with E-state index in [1.165, 1.54) is 12.1 Å². The maximum atomic E-state index is 13.2. The monoisotopic (exact) mass is 248 g/mol. The van der Waals surface area contributed by atoms with E-state index in [0.717, 1.165) is 6.07 Å². The summed E-state index contributed by atoms with van der Waals surface area (Å²) in [6, 6.07) is 4.07. The first-order valence-electron chi connectivity index (χ1n) is 4.76. The number of fused-ring (bicyclic) bond motifs is 1. The first-order valence-corrected chi connectivity index (χ1v) is 4.76. The number of alkyl halides is 3. The molecule has 2 rings (SSSR count). The van der Waals surface area contributed by atoms with Gasteiger partial charge < -0.3 is 10.1 Å². The van der Waals surface area contributed by atoms with Gasteiger partial charge in [-0.3, -0.25) is 0 Å². The topological polar surface area (TPSA) is 48.9 Å². The minimum atomic E-state index is -4.71. The molecule has 0 radical (unpaired) electrons. The van der Waals surface area contributed by atoms with Crippen LogP contribution in [-0.2, 0) is 6.42 Å². The number of aliphatic hydroxyl groups excluding tert-OH is 1. The fourth-order valence-corrected chi connectivity index (χ4v) is 1.44. The molecule has 17 heavy (non-hydrogen) atoms. The lowest BCUT2D eigenvalue weighted by Crippen LogP contribution is -2.30. The number of H-pyrrole nitrogens is 1. The van der Waals surface area contributed by atoms with Crippen LogP contribution in [0.15, 0.2) is 18.2 Å². The standard InChI is InChI=1S/C10H8F4N2O/c11-5-2-1-3-6-9(5)16-8(15-6)4-7(17)10(12,13)14/h1-3,7,17H,4H2,(H,15,16). The van der Waals surface area contributed by atoms with Crippen molar-refractivity contribution in [2.75, 3.05) is 0 Å². The van der Waals surface area contributed by atoms with Crippen LogP contribution in [0.25, 0.3) is 11.0 Å². The fourth-order valence-electron chi connectivity index (χ4n) is 1.44. The fraction of sp³-hybridized carbons (Fsp3) is 0.300. The molecule has 7 heteroatoms. The van der Waals surface area contributed by atoms with Crippen molar-refractivity contribution in [3.63, 3.8) is 0 Å². The Morgan fingerprint density at radius 2 is 2.06 bits per heavy atom. The molecule has 3 nitrogen and oxygen atoms in total. The van der Waals surface area contributed by atoms with Gasteiger partial charge in [0.05, 0.1) is 5.52 Å². The highest BCUT2D eigenvalue weighted by molar-refractivity contribution is 5.75. The van der Waals surface area contributed by atoms with Crippen LogP contribution in [-0.4, -0.2) is 27.4 Å². The van der Waals surface area contributed by atoms with Crippen LogP contribution < -0.4 is 0 Å². The summed E-state index contributed by atoms with van der Waals surface area (Å²) in [7, 11) is 0. The Kier molecular flexibility index (Phi) is 2.78. The quantitative estimate of drug-likeness (QED) is 0.800. The molecule has 0 saturated carbocycles. The zero-order valence-corrected chi connectivity index (χ0v) is 8.42. The number of rotatable bonds is 2. The molecule has 1 aromatic heterocycles. The SMILES string of the molecule is OC(Cc1nc2c(F)cccc2[nH]1)C(F)(F)F. The summed E-state index contributed by atoms with van der Waals surface area (Å²) in [5.41, 5.74) is 0.270. The minimum absolute atomic E-state index is 0.0307. The summed E-state index contributed by atoms with van der Waals surface area (Å²) < 4.78 is 49.5. The van der Waals surface area contributed by atoms with Crippen LogP contribution in [0.5, 0.6) is 0 Å². The number of nitrogens with zero attached hydrogens (tertiary/aromatic N) is 1. The summed E-state index contributed by atoms with van der Waals surface area (Å²) >= 11 is 0. The highest BCUT2D eigenvalue weighted by Crippen LogP contribution is 2.23. The smallest absolute Gasteiger partial charge is 0.383 e. The third kappa shape index (κ3) is 2.38. The lowest BCUT2D eigenvalue weighted by molar-refractivity contribution is -0.203. The number of imidazole rings is 1. The summed E-state index contributed by atoms with van der Waals surface area (Å²) in [4.78, 5) is 6.20. The van der Waals surface area contributed by atoms with Gasteiger partial charge in [0, 0.05) is 6.42 Å². The normalized spacial score (nSPS) is 14.2. The van der Waals surface area contributed by atoms with Gasteiger partial charge in [0.1, 0.15) is 11.3 Å². The molecule has 0 aliphatic heterocycles. The molecule has 0 amide bonds. The molecular weight excluding hydrogens is 240 g/mol. The van der Waals surface area contributed by atoms with Gasteiger partial charge in [0.15, 0.2) is 11.9 Å². The predicted octanol–water partition coefficient (Wildman–Crippen LogP) is 2.17. The molecule has 1 atom stereocenters. The average molecular weight is 248 g/mol. The molecular formula is C10H8F4N2O. The second kappa shape index (κ2) is 3.99. The third-order valence-electron chi connectivity index (χ3n) is 2.28. The van der Waals surface area contributed by atoms with Crippen molar-refractivity contribution in [2.24, 2.45) is 0 Å². The Labute approximate surface area is 93.1 Å². The van der Waals surface area contributed by atoms with Crippen LogP contribution in [0.3, 0.4) is 0 Å². The van der Waals surface area contributed by atoms with Gasteiger partial charge in [-0.15, -0.1) is 0 Å². The largest absolute Gasteiger partial charge is 0.414 e. The summed E-state index contributed by atoms with van der Waals surface area (Å²) in [6.45, 7) is 0. The van der Waals surface area contributed by atoms with Crippen molar-refractivity contribution in [1.82, 2.24) is 9.97 Å². The van der Waals surface area contributed by atoms with E-state index in [1.54, 1.807) is 0 Å². The first-order chi connectivity index (χ1) is 7.88. The van der Waals surface area contributed by atoms with Crippen molar-refractivity contribution < 1.29 is 22.7 Å². The second-order valence-electron chi connectivity index (χ2n) is 3.58. The van der Waals surface area contributed by atoms with E-state index in [2.05, 4.69) is 9.97 Å². The number of hydrogen-bond acceptors (Lipinski definition) is 2. The number of nitrogens with one attached hydrogen (secondary N) is 1. The third-order valence-corrected chi connectivity index (χ3v) is 2.28. The summed E-state index contributed by atoms with van der Waals surface area (Å²) in [6.07, 6.45) is -7.94. The number of aromatic nitrogens is 2. The molecule has 0 bridgehead atoms. The summed E-state index contributed by atoms with van der Waals surface area (Å²) in [5, 5.41) is 8.85. The van der Waals surface area contributed by atoms with E-state index in [0.29, 0.717) is 5.52 Å². The Hall–Kier alpha value is -1.63. The Morgan fingerprint density at radius 1 is 1.35 bits per heavy atom. The van der Waals surface area contributed by atoms with Crippen molar-refractivity contribution in [1.29, 1.82) is 0 Å². The second-order valence-corrected chi connectivity index (χ2v) is 3.58. The molecule has 1 unspecified atom stereocenters. The van der Waals surface area contributed by atoms with Gasteiger partial charge in [-0.2, -0.15) is 13.2 Å².